The quantitative estimate of drug-likeness (QED) is 0.683. The molecule has 0 spiro atoms. The average Bonchev–Trinajstić information content (AvgIpc) is 3.02. The minimum absolute atomic E-state index is 0.148. The van der Waals surface area contributed by atoms with E-state index in [0.717, 1.165) is 11.1 Å². The highest BCUT2D eigenvalue weighted by atomic mass is 16.5. The number of benzene rings is 2. The summed E-state index contributed by atoms with van der Waals surface area (Å²) in [5, 5.41) is 10.5. The number of hydrogen-bond acceptors (Lipinski definition) is 5. The summed E-state index contributed by atoms with van der Waals surface area (Å²) in [6.07, 6.45) is 0.533. The third kappa shape index (κ3) is 4.43. The first kappa shape index (κ1) is 22.4. The molecule has 1 atom stereocenters. The standard InChI is InChI=1S/C25H29NO5/c1-15(2)18-7-9-19(10-8-18)23-22(16(3)27)24(28)25(29)26(23)13-12-17-6-11-20(30-4)21(14-17)31-5/h6-11,14-15,23,28H,12-13H2,1-5H3/t23-/m0/s1. The molecule has 6 nitrogen and oxygen atoms in total. The van der Waals surface area contributed by atoms with Crippen molar-refractivity contribution in [2.24, 2.45) is 0 Å². The van der Waals surface area contributed by atoms with Gasteiger partial charge in [-0.05, 0) is 48.1 Å². The summed E-state index contributed by atoms with van der Waals surface area (Å²) in [5.74, 6) is 0.319. The molecule has 0 unspecified atom stereocenters. The molecule has 1 amide bonds. The van der Waals surface area contributed by atoms with Gasteiger partial charge in [0.05, 0.1) is 25.8 Å². The van der Waals surface area contributed by atoms with Crippen molar-refractivity contribution in [1.29, 1.82) is 0 Å². The molecule has 1 aliphatic rings. The van der Waals surface area contributed by atoms with Gasteiger partial charge in [-0.2, -0.15) is 0 Å². The van der Waals surface area contributed by atoms with Crippen molar-refractivity contribution >= 4 is 11.7 Å². The summed E-state index contributed by atoms with van der Waals surface area (Å²) >= 11 is 0. The van der Waals surface area contributed by atoms with Crippen LogP contribution >= 0.6 is 0 Å². The number of hydrogen-bond donors (Lipinski definition) is 1. The fourth-order valence-electron chi connectivity index (χ4n) is 3.94. The maximum absolute atomic E-state index is 12.8. The van der Waals surface area contributed by atoms with E-state index >= 15 is 0 Å². The molecule has 0 aromatic heterocycles. The first-order chi connectivity index (χ1) is 14.8. The number of nitrogens with zero attached hydrogens (tertiary/aromatic N) is 1. The number of ether oxygens (including phenoxy) is 2. The molecule has 31 heavy (non-hydrogen) atoms. The molecular formula is C25H29NO5. The molecule has 3 rings (SSSR count). The van der Waals surface area contributed by atoms with Crippen LogP contribution in [0.25, 0.3) is 0 Å². The topological polar surface area (TPSA) is 76.1 Å². The first-order valence-electron chi connectivity index (χ1n) is 10.3. The summed E-state index contributed by atoms with van der Waals surface area (Å²) < 4.78 is 10.6. The molecule has 1 aliphatic heterocycles. The predicted molar refractivity (Wildman–Crippen MR) is 119 cm³/mol. The molecule has 0 aliphatic carbocycles. The molecule has 0 saturated heterocycles. The Kier molecular flexibility index (Phi) is 6.68. The monoisotopic (exact) mass is 423 g/mol. The Morgan fingerprint density at radius 1 is 1.06 bits per heavy atom. The van der Waals surface area contributed by atoms with Gasteiger partial charge >= 0.3 is 0 Å². The van der Waals surface area contributed by atoms with E-state index in [4.69, 9.17) is 9.47 Å². The minimum Gasteiger partial charge on any atom is -0.503 e. The zero-order valence-corrected chi connectivity index (χ0v) is 18.6. The van der Waals surface area contributed by atoms with Crippen molar-refractivity contribution < 1.29 is 24.2 Å². The molecular weight excluding hydrogens is 394 g/mol. The lowest BCUT2D eigenvalue weighted by Crippen LogP contribution is -2.33. The van der Waals surface area contributed by atoms with Crippen molar-refractivity contribution in [3.05, 3.63) is 70.5 Å². The highest BCUT2D eigenvalue weighted by Crippen LogP contribution is 2.38. The third-order valence-electron chi connectivity index (χ3n) is 5.69. The number of amides is 1. The van der Waals surface area contributed by atoms with E-state index in [2.05, 4.69) is 13.8 Å². The number of rotatable bonds is 8. The Morgan fingerprint density at radius 2 is 1.71 bits per heavy atom. The zero-order valence-electron chi connectivity index (χ0n) is 18.6. The van der Waals surface area contributed by atoms with Crippen LogP contribution in [0, 0.1) is 0 Å². The van der Waals surface area contributed by atoms with Gasteiger partial charge in [-0.15, -0.1) is 0 Å². The third-order valence-corrected chi connectivity index (χ3v) is 5.69. The Hall–Kier alpha value is -3.28. The molecule has 1 heterocycles. The van der Waals surface area contributed by atoms with E-state index in [0.29, 0.717) is 30.4 Å². The Balaban J connectivity index is 1.90. The lowest BCUT2D eigenvalue weighted by molar-refractivity contribution is -0.129. The molecule has 2 aromatic carbocycles. The Bertz CT molecular complexity index is 1010. The van der Waals surface area contributed by atoms with Gasteiger partial charge < -0.3 is 19.5 Å². The minimum atomic E-state index is -0.605. The SMILES string of the molecule is COc1ccc(CCN2C(=O)C(O)=C(C(C)=O)[C@@H]2c2ccc(C(C)C)cc2)cc1OC. The highest BCUT2D eigenvalue weighted by molar-refractivity contribution is 6.08. The fraction of sp³-hybridized carbons (Fsp3) is 0.360. The van der Waals surface area contributed by atoms with E-state index in [9.17, 15) is 14.7 Å². The van der Waals surface area contributed by atoms with Crippen LogP contribution in [0.1, 0.15) is 49.4 Å². The van der Waals surface area contributed by atoms with Crippen LogP contribution in [-0.4, -0.2) is 42.5 Å². The average molecular weight is 424 g/mol. The van der Waals surface area contributed by atoms with Crippen LogP contribution < -0.4 is 9.47 Å². The van der Waals surface area contributed by atoms with Crippen LogP contribution in [0.4, 0.5) is 0 Å². The molecule has 6 heteroatoms. The van der Waals surface area contributed by atoms with Gasteiger partial charge in [0.25, 0.3) is 5.91 Å². The lowest BCUT2D eigenvalue weighted by atomic mass is 9.94. The largest absolute Gasteiger partial charge is 0.503 e. The number of carbonyl (C=O) groups is 2. The molecule has 0 saturated carbocycles. The van der Waals surface area contributed by atoms with Gasteiger partial charge in [0, 0.05) is 6.54 Å². The van der Waals surface area contributed by atoms with Gasteiger partial charge in [0.15, 0.2) is 23.0 Å². The van der Waals surface area contributed by atoms with Crippen LogP contribution in [0.5, 0.6) is 11.5 Å². The number of aliphatic hydroxyl groups excluding tert-OH is 1. The van der Waals surface area contributed by atoms with Gasteiger partial charge in [0.2, 0.25) is 0 Å². The number of carbonyl (C=O) groups excluding carboxylic acids is 2. The van der Waals surface area contributed by atoms with Crippen molar-refractivity contribution in [2.45, 2.75) is 39.2 Å². The maximum Gasteiger partial charge on any atom is 0.290 e. The van der Waals surface area contributed by atoms with E-state index < -0.39 is 17.7 Å². The number of Topliss-reactive ketones (excluding diaryl/α,β-unsaturated/α-hetero) is 1. The van der Waals surface area contributed by atoms with E-state index in [1.54, 1.807) is 19.1 Å². The molecule has 0 bridgehead atoms. The van der Waals surface area contributed by atoms with E-state index in [1.807, 2.05) is 42.5 Å². The van der Waals surface area contributed by atoms with Crippen molar-refractivity contribution in [2.75, 3.05) is 20.8 Å². The Morgan fingerprint density at radius 3 is 2.26 bits per heavy atom. The zero-order chi connectivity index (χ0) is 22.7. The van der Waals surface area contributed by atoms with Gasteiger partial charge in [-0.3, -0.25) is 9.59 Å². The number of methoxy groups -OCH3 is 2. The normalized spacial score (nSPS) is 16.3. The van der Waals surface area contributed by atoms with Gasteiger partial charge in [-0.25, -0.2) is 0 Å². The van der Waals surface area contributed by atoms with Crippen LogP contribution in [0.15, 0.2) is 53.8 Å². The maximum atomic E-state index is 12.8. The molecule has 2 aromatic rings. The second-order valence-electron chi connectivity index (χ2n) is 7.98. The smallest absolute Gasteiger partial charge is 0.290 e. The molecule has 1 N–H and O–H groups in total. The molecule has 0 fully saturated rings. The summed E-state index contributed by atoms with van der Waals surface area (Å²) in [6, 6.07) is 12.9. The highest BCUT2D eigenvalue weighted by Gasteiger charge is 2.42. The number of ketones is 1. The summed E-state index contributed by atoms with van der Waals surface area (Å²) in [6.45, 7) is 5.93. The predicted octanol–water partition coefficient (Wildman–Crippen LogP) is 4.35. The van der Waals surface area contributed by atoms with Crippen LogP contribution in [0.2, 0.25) is 0 Å². The van der Waals surface area contributed by atoms with Gasteiger partial charge in [0.1, 0.15) is 0 Å². The number of aliphatic hydroxyl groups is 1. The fourth-order valence-corrected chi connectivity index (χ4v) is 3.94. The molecule has 164 valence electrons. The summed E-state index contributed by atoms with van der Waals surface area (Å²) in [4.78, 5) is 26.7. The lowest BCUT2D eigenvalue weighted by Gasteiger charge is -2.27. The van der Waals surface area contributed by atoms with Crippen molar-refractivity contribution in [3.8, 4) is 11.5 Å². The van der Waals surface area contributed by atoms with Crippen LogP contribution in [-0.2, 0) is 16.0 Å². The second kappa shape index (κ2) is 9.25. The van der Waals surface area contributed by atoms with Crippen molar-refractivity contribution in [3.63, 3.8) is 0 Å². The van der Waals surface area contributed by atoms with Gasteiger partial charge in [-0.1, -0.05) is 44.2 Å². The second-order valence-corrected chi connectivity index (χ2v) is 7.98. The van der Waals surface area contributed by atoms with E-state index in [-0.39, 0.29) is 11.4 Å². The Labute approximate surface area is 183 Å². The summed E-state index contributed by atoms with van der Waals surface area (Å²) in [5.41, 5.74) is 3.08. The van der Waals surface area contributed by atoms with Crippen molar-refractivity contribution in [1.82, 2.24) is 4.90 Å². The molecule has 0 radical (unpaired) electrons. The summed E-state index contributed by atoms with van der Waals surface area (Å²) in [7, 11) is 3.15. The van der Waals surface area contributed by atoms with E-state index in [1.165, 1.54) is 12.5 Å². The first-order valence-corrected chi connectivity index (χ1v) is 10.3. The van der Waals surface area contributed by atoms with Crippen LogP contribution in [0.3, 0.4) is 0 Å².